The highest BCUT2D eigenvalue weighted by Crippen LogP contribution is 2.23. The van der Waals surface area contributed by atoms with Crippen LogP contribution in [0.3, 0.4) is 0 Å². The number of cyclic esters (lactones) is 1. The molecule has 80 valence electrons. The highest BCUT2D eigenvalue weighted by atomic mass is 16.6. The van der Waals surface area contributed by atoms with E-state index in [4.69, 9.17) is 9.47 Å². The number of methoxy groups -OCH3 is 1. The van der Waals surface area contributed by atoms with Gasteiger partial charge in [0.2, 0.25) is 0 Å². The third-order valence-electron chi connectivity index (χ3n) is 2.35. The number of nitrogens with zero attached hydrogens (tertiary/aromatic N) is 1. The largest absolute Gasteiger partial charge is 0.497 e. The summed E-state index contributed by atoms with van der Waals surface area (Å²) in [7, 11) is 1.61. The van der Waals surface area contributed by atoms with Crippen molar-refractivity contribution in [2.45, 2.75) is 13.0 Å². The van der Waals surface area contributed by atoms with E-state index in [9.17, 15) is 4.79 Å². The molecule has 1 aliphatic rings. The molecule has 0 radical (unpaired) electrons. The maximum atomic E-state index is 11.4. The van der Waals surface area contributed by atoms with Crippen LogP contribution < -0.4 is 9.64 Å². The van der Waals surface area contributed by atoms with Gasteiger partial charge in [-0.05, 0) is 31.2 Å². The molecule has 1 amide bonds. The van der Waals surface area contributed by atoms with Crippen molar-refractivity contribution in [1.29, 1.82) is 0 Å². The summed E-state index contributed by atoms with van der Waals surface area (Å²) in [5.41, 5.74) is 0.838. The molecule has 0 unspecified atom stereocenters. The van der Waals surface area contributed by atoms with E-state index in [1.807, 2.05) is 31.2 Å². The summed E-state index contributed by atoms with van der Waals surface area (Å²) in [5, 5.41) is 0. The summed E-state index contributed by atoms with van der Waals surface area (Å²) in [6, 6.07) is 7.34. The summed E-state index contributed by atoms with van der Waals surface area (Å²) < 4.78 is 10.1. The lowest BCUT2D eigenvalue weighted by molar-refractivity contribution is 0.150. The van der Waals surface area contributed by atoms with E-state index in [-0.39, 0.29) is 12.2 Å². The molecule has 0 bridgehead atoms. The zero-order valence-electron chi connectivity index (χ0n) is 8.77. The quantitative estimate of drug-likeness (QED) is 0.744. The smallest absolute Gasteiger partial charge is 0.414 e. The van der Waals surface area contributed by atoms with Gasteiger partial charge in [-0.3, -0.25) is 4.90 Å². The van der Waals surface area contributed by atoms with Gasteiger partial charge in [-0.2, -0.15) is 0 Å². The summed E-state index contributed by atoms with van der Waals surface area (Å²) in [6.07, 6.45) is -0.327. The minimum Gasteiger partial charge on any atom is -0.497 e. The fraction of sp³-hybridized carbons (Fsp3) is 0.364. The van der Waals surface area contributed by atoms with Gasteiger partial charge in [0, 0.05) is 5.69 Å². The highest BCUT2D eigenvalue weighted by Gasteiger charge is 2.29. The minimum atomic E-state index is -0.285. The molecule has 1 saturated heterocycles. The topological polar surface area (TPSA) is 38.8 Å². The lowest BCUT2D eigenvalue weighted by atomic mass is 10.2. The monoisotopic (exact) mass is 207 g/mol. The highest BCUT2D eigenvalue weighted by molar-refractivity contribution is 5.89. The molecule has 0 N–H and O–H groups in total. The van der Waals surface area contributed by atoms with Gasteiger partial charge in [0.05, 0.1) is 13.7 Å². The predicted octanol–water partition coefficient (Wildman–Crippen LogP) is 2.04. The summed E-state index contributed by atoms with van der Waals surface area (Å²) in [6.45, 7) is 2.48. The molecule has 1 atom stereocenters. The Morgan fingerprint density at radius 3 is 2.53 bits per heavy atom. The number of hydrogen-bond acceptors (Lipinski definition) is 3. The number of benzene rings is 1. The molecule has 2 rings (SSSR count). The van der Waals surface area contributed by atoms with Crippen LogP contribution in [0.25, 0.3) is 0 Å². The van der Waals surface area contributed by atoms with Gasteiger partial charge in [0.15, 0.2) is 0 Å². The van der Waals surface area contributed by atoms with Crippen molar-refractivity contribution in [2.24, 2.45) is 0 Å². The van der Waals surface area contributed by atoms with Crippen molar-refractivity contribution < 1.29 is 14.3 Å². The molecule has 1 aromatic carbocycles. The second kappa shape index (κ2) is 3.81. The van der Waals surface area contributed by atoms with Crippen LogP contribution in [0, 0.1) is 0 Å². The second-order valence-electron chi connectivity index (χ2n) is 3.50. The molecule has 0 aromatic heterocycles. The van der Waals surface area contributed by atoms with E-state index in [0.29, 0.717) is 6.54 Å². The zero-order valence-corrected chi connectivity index (χ0v) is 8.77. The van der Waals surface area contributed by atoms with Crippen molar-refractivity contribution in [3.63, 3.8) is 0 Å². The van der Waals surface area contributed by atoms with Crippen LogP contribution in [0.2, 0.25) is 0 Å². The first-order valence-corrected chi connectivity index (χ1v) is 4.83. The number of hydrogen-bond donors (Lipinski definition) is 0. The zero-order chi connectivity index (χ0) is 10.8. The van der Waals surface area contributed by atoms with Crippen molar-refractivity contribution >= 4 is 11.8 Å². The van der Waals surface area contributed by atoms with Gasteiger partial charge in [0.25, 0.3) is 0 Å². The first kappa shape index (κ1) is 9.83. The number of amides is 1. The molecule has 1 aliphatic heterocycles. The average Bonchev–Trinajstić information content (AvgIpc) is 2.58. The van der Waals surface area contributed by atoms with Crippen LogP contribution >= 0.6 is 0 Å². The van der Waals surface area contributed by atoms with Crippen LogP contribution in [0.1, 0.15) is 6.92 Å². The molecule has 1 heterocycles. The van der Waals surface area contributed by atoms with Crippen LogP contribution in [-0.2, 0) is 4.74 Å². The normalized spacial score (nSPS) is 20.3. The Bertz CT molecular complexity index is 361. The Balaban J connectivity index is 2.19. The maximum absolute atomic E-state index is 11.4. The Morgan fingerprint density at radius 2 is 2.07 bits per heavy atom. The molecule has 0 aliphatic carbocycles. The Kier molecular flexibility index (Phi) is 2.49. The molecule has 4 heteroatoms. The molecule has 1 aromatic rings. The Labute approximate surface area is 88.4 Å². The lowest BCUT2D eigenvalue weighted by Gasteiger charge is -2.12. The van der Waals surface area contributed by atoms with Crippen molar-refractivity contribution in [1.82, 2.24) is 0 Å². The van der Waals surface area contributed by atoms with Crippen LogP contribution in [-0.4, -0.2) is 25.9 Å². The number of rotatable bonds is 2. The number of carbonyl (C=O) groups excluding carboxylic acids is 1. The molecular formula is C11H13NO3. The van der Waals surface area contributed by atoms with Crippen molar-refractivity contribution in [3.8, 4) is 5.75 Å². The van der Waals surface area contributed by atoms with Gasteiger partial charge < -0.3 is 9.47 Å². The first-order valence-electron chi connectivity index (χ1n) is 4.83. The fourth-order valence-corrected chi connectivity index (χ4v) is 1.58. The third kappa shape index (κ3) is 1.88. The van der Waals surface area contributed by atoms with Gasteiger partial charge in [-0.15, -0.1) is 0 Å². The average molecular weight is 207 g/mol. The Hall–Kier alpha value is -1.71. The van der Waals surface area contributed by atoms with E-state index < -0.39 is 0 Å². The molecule has 0 saturated carbocycles. The first-order chi connectivity index (χ1) is 7.20. The SMILES string of the molecule is COc1ccc(N2C[C@@H](C)OC2=O)cc1. The van der Waals surface area contributed by atoms with E-state index in [1.54, 1.807) is 12.0 Å². The molecule has 4 nitrogen and oxygen atoms in total. The van der Waals surface area contributed by atoms with Crippen LogP contribution in [0.4, 0.5) is 10.5 Å². The summed E-state index contributed by atoms with van der Waals surface area (Å²) in [4.78, 5) is 13.0. The molecule has 0 spiro atoms. The lowest BCUT2D eigenvalue weighted by Crippen LogP contribution is -2.23. The number of carbonyl (C=O) groups is 1. The minimum absolute atomic E-state index is 0.0420. The number of anilines is 1. The summed E-state index contributed by atoms with van der Waals surface area (Å²) >= 11 is 0. The molecule has 1 fully saturated rings. The van der Waals surface area contributed by atoms with Crippen molar-refractivity contribution in [3.05, 3.63) is 24.3 Å². The Morgan fingerprint density at radius 1 is 1.40 bits per heavy atom. The van der Waals surface area contributed by atoms with E-state index in [0.717, 1.165) is 11.4 Å². The number of ether oxygens (including phenoxy) is 2. The van der Waals surface area contributed by atoms with E-state index in [1.165, 1.54) is 0 Å². The van der Waals surface area contributed by atoms with Gasteiger partial charge >= 0.3 is 6.09 Å². The van der Waals surface area contributed by atoms with Gasteiger partial charge in [0.1, 0.15) is 11.9 Å². The predicted molar refractivity (Wildman–Crippen MR) is 56.3 cm³/mol. The van der Waals surface area contributed by atoms with E-state index >= 15 is 0 Å². The van der Waals surface area contributed by atoms with Gasteiger partial charge in [-0.1, -0.05) is 0 Å². The fourth-order valence-electron chi connectivity index (χ4n) is 1.58. The maximum Gasteiger partial charge on any atom is 0.414 e. The van der Waals surface area contributed by atoms with E-state index in [2.05, 4.69) is 0 Å². The van der Waals surface area contributed by atoms with Gasteiger partial charge in [-0.25, -0.2) is 4.79 Å². The molecule has 15 heavy (non-hydrogen) atoms. The van der Waals surface area contributed by atoms with Crippen molar-refractivity contribution in [2.75, 3.05) is 18.6 Å². The van der Waals surface area contributed by atoms with Crippen LogP contribution in [0.5, 0.6) is 5.75 Å². The molecular weight excluding hydrogens is 194 g/mol. The standard InChI is InChI=1S/C11H13NO3/c1-8-7-12(11(13)15-8)9-3-5-10(14-2)6-4-9/h3-6,8H,7H2,1-2H3/t8-/m1/s1. The van der Waals surface area contributed by atoms with Crippen LogP contribution in [0.15, 0.2) is 24.3 Å². The summed E-state index contributed by atoms with van der Waals surface area (Å²) in [5.74, 6) is 0.777. The third-order valence-corrected chi connectivity index (χ3v) is 2.35. The second-order valence-corrected chi connectivity index (χ2v) is 3.50.